The fourth-order valence-corrected chi connectivity index (χ4v) is 1.32. The molecule has 66 valence electrons. The predicted octanol–water partition coefficient (Wildman–Crippen LogP) is 3.04. The van der Waals surface area contributed by atoms with Crippen LogP contribution in [0.25, 0.3) is 0 Å². The van der Waals surface area contributed by atoms with Gasteiger partial charge < -0.3 is 4.79 Å². The lowest BCUT2D eigenvalue weighted by molar-refractivity contribution is -0.108. The van der Waals surface area contributed by atoms with E-state index in [9.17, 15) is 4.79 Å². The summed E-state index contributed by atoms with van der Waals surface area (Å²) in [5.41, 5.74) is 0. The molecule has 0 N–H and O–H groups in total. The van der Waals surface area contributed by atoms with Gasteiger partial charge in [0.1, 0.15) is 6.29 Å². The van der Waals surface area contributed by atoms with Crippen molar-refractivity contribution in [1.29, 1.82) is 0 Å². The molecule has 0 fully saturated rings. The van der Waals surface area contributed by atoms with E-state index in [1.54, 1.807) is 0 Å². The molecule has 0 bridgehead atoms. The molecular formula is C10H20O. The van der Waals surface area contributed by atoms with E-state index in [1.165, 1.54) is 12.8 Å². The van der Waals surface area contributed by atoms with E-state index in [0.29, 0.717) is 0 Å². The van der Waals surface area contributed by atoms with Crippen molar-refractivity contribution in [3.63, 3.8) is 0 Å². The molecule has 1 heteroatoms. The Labute approximate surface area is 70.2 Å². The van der Waals surface area contributed by atoms with Gasteiger partial charge in [-0.05, 0) is 24.7 Å². The van der Waals surface area contributed by atoms with E-state index < -0.39 is 0 Å². The monoisotopic (exact) mass is 156 g/mol. The van der Waals surface area contributed by atoms with Crippen LogP contribution in [-0.4, -0.2) is 6.29 Å². The highest BCUT2D eigenvalue weighted by Crippen LogP contribution is 2.17. The molecule has 2 atom stereocenters. The smallest absolute Gasteiger partial charge is 0.120 e. The number of rotatable bonds is 6. The zero-order chi connectivity index (χ0) is 8.69. The van der Waals surface area contributed by atoms with Gasteiger partial charge in [0.05, 0.1) is 0 Å². The zero-order valence-corrected chi connectivity index (χ0v) is 7.97. The molecule has 0 aliphatic carbocycles. The lowest BCUT2D eigenvalue weighted by Crippen LogP contribution is -2.02. The number of carbonyl (C=O) groups is 1. The molecule has 1 nitrogen and oxygen atoms in total. The van der Waals surface area contributed by atoms with Crippen molar-refractivity contribution < 1.29 is 4.79 Å². The summed E-state index contributed by atoms with van der Waals surface area (Å²) in [7, 11) is 0. The first kappa shape index (κ1) is 10.7. The van der Waals surface area contributed by atoms with Crippen LogP contribution in [0, 0.1) is 11.8 Å². The summed E-state index contributed by atoms with van der Waals surface area (Å²) in [4.78, 5) is 10.1. The minimum Gasteiger partial charge on any atom is -0.303 e. The Bertz CT molecular complexity index is 99.0. The molecular weight excluding hydrogens is 136 g/mol. The number of carbonyl (C=O) groups excluding carboxylic acids is 1. The van der Waals surface area contributed by atoms with Gasteiger partial charge in [-0.25, -0.2) is 0 Å². The highest BCUT2D eigenvalue weighted by Gasteiger charge is 2.05. The van der Waals surface area contributed by atoms with Crippen molar-refractivity contribution in [2.45, 2.75) is 46.5 Å². The van der Waals surface area contributed by atoms with E-state index in [4.69, 9.17) is 0 Å². The molecule has 2 unspecified atom stereocenters. The van der Waals surface area contributed by atoms with Gasteiger partial charge in [0.2, 0.25) is 0 Å². The zero-order valence-electron chi connectivity index (χ0n) is 7.97. The number of hydrogen-bond acceptors (Lipinski definition) is 1. The Morgan fingerprint density at radius 2 is 1.91 bits per heavy atom. The Morgan fingerprint density at radius 3 is 2.36 bits per heavy atom. The summed E-state index contributed by atoms with van der Waals surface area (Å²) in [5.74, 6) is 1.53. The quantitative estimate of drug-likeness (QED) is 0.540. The standard InChI is InChI=1S/C10H20O/c1-4-9(2)8-10(3)6-5-7-11/h7,9-10H,4-6,8H2,1-3H3. The van der Waals surface area contributed by atoms with Crippen LogP contribution in [0.2, 0.25) is 0 Å². The summed E-state index contributed by atoms with van der Waals surface area (Å²) < 4.78 is 0. The third-order valence-electron chi connectivity index (χ3n) is 2.28. The van der Waals surface area contributed by atoms with E-state index in [0.717, 1.165) is 31.0 Å². The summed E-state index contributed by atoms with van der Waals surface area (Å²) in [5, 5.41) is 0. The predicted molar refractivity (Wildman–Crippen MR) is 48.5 cm³/mol. The van der Waals surface area contributed by atoms with Gasteiger partial charge in [0, 0.05) is 6.42 Å². The molecule has 0 aromatic rings. The minimum absolute atomic E-state index is 0.718. The van der Waals surface area contributed by atoms with Crippen LogP contribution in [0.15, 0.2) is 0 Å². The number of hydrogen-bond donors (Lipinski definition) is 0. The molecule has 0 saturated carbocycles. The van der Waals surface area contributed by atoms with Crippen LogP contribution in [0.3, 0.4) is 0 Å². The van der Waals surface area contributed by atoms with Crippen molar-refractivity contribution in [3.05, 3.63) is 0 Å². The molecule has 11 heavy (non-hydrogen) atoms. The second-order valence-corrected chi connectivity index (χ2v) is 3.60. The van der Waals surface area contributed by atoms with Crippen LogP contribution in [0.4, 0.5) is 0 Å². The fourth-order valence-electron chi connectivity index (χ4n) is 1.32. The molecule has 0 radical (unpaired) electrons. The molecule has 0 aliphatic rings. The third-order valence-corrected chi connectivity index (χ3v) is 2.28. The maximum Gasteiger partial charge on any atom is 0.120 e. The molecule has 0 heterocycles. The van der Waals surface area contributed by atoms with Crippen molar-refractivity contribution in [3.8, 4) is 0 Å². The van der Waals surface area contributed by atoms with Crippen LogP contribution in [0.1, 0.15) is 46.5 Å². The molecule has 0 amide bonds. The van der Waals surface area contributed by atoms with E-state index in [1.807, 2.05) is 0 Å². The maximum atomic E-state index is 10.1. The van der Waals surface area contributed by atoms with Gasteiger partial charge in [-0.2, -0.15) is 0 Å². The fraction of sp³-hybridized carbons (Fsp3) is 0.900. The van der Waals surface area contributed by atoms with E-state index in [2.05, 4.69) is 20.8 Å². The average Bonchev–Trinajstić information content (AvgIpc) is 2.00. The van der Waals surface area contributed by atoms with Gasteiger partial charge in [0.15, 0.2) is 0 Å². The van der Waals surface area contributed by atoms with Crippen LogP contribution in [-0.2, 0) is 4.79 Å². The molecule has 0 aromatic heterocycles. The van der Waals surface area contributed by atoms with E-state index >= 15 is 0 Å². The summed E-state index contributed by atoms with van der Waals surface area (Å²) in [6.45, 7) is 6.73. The second kappa shape index (κ2) is 6.38. The van der Waals surface area contributed by atoms with Crippen LogP contribution < -0.4 is 0 Å². The van der Waals surface area contributed by atoms with Crippen molar-refractivity contribution >= 4 is 6.29 Å². The molecule has 0 saturated heterocycles. The van der Waals surface area contributed by atoms with Crippen molar-refractivity contribution in [2.75, 3.05) is 0 Å². The normalized spacial score (nSPS) is 15.9. The Kier molecular flexibility index (Phi) is 6.19. The lowest BCUT2D eigenvalue weighted by atomic mass is 9.92. The first-order chi connectivity index (χ1) is 5.20. The van der Waals surface area contributed by atoms with E-state index in [-0.39, 0.29) is 0 Å². The third kappa shape index (κ3) is 6.08. The average molecular weight is 156 g/mol. The molecule has 0 aliphatic heterocycles. The SMILES string of the molecule is CCC(C)CC(C)CCC=O. The maximum absolute atomic E-state index is 10.1. The first-order valence-corrected chi connectivity index (χ1v) is 4.64. The second-order valence-electron chi connectivity index (χ2n) is 3.60. The lowest BCUT2D eigenvalue weighted by Gasteiger charge is -2.13. The van der Waals surface area contributed by atoms with Crippen LogP contribution in [0.5, 0.6) is 0 Å². The number of aldehydes is 1. The highest BCUT2D eigenvalue weighted by atomic mass is 16.1. The summed E-state index contributed by atoms with van der Waals surface area (Å²) in [6, 6.07) is 0. The molecule has 0 rings (SSSR count). The largest absolute Gasteiger partial charge is 0.303 e. The summed E-state index contributed by atoms with van der Waals surface area (Å²) in [6.07, 6.45) is 5.34. The minimum atomic E-state index is 0.718. The Morgan fingerprint density at radius 1 is 1.27 bits per heavy atom. The van der Waals surface area contributed by atoms with Gasteiger partial charge in [0.25, 0.3) is 0 Å². The Balaban J connectivity index is 3.34. The van der Waals surface area contributed by atoms with Crippen molar-refractivity contribution in [2.24, 2.45) is 11.8 Å². The van der Waals surface area contributed by atoms with Crippen LogP contribution >= 0.6 is 0 Å². The van der Waals surface area contributed by atoms with Crippen molar-refractivity contribution in [1.82, 2.24) is 0 Å². The first-order valence-electron chi connectivity index (χ1n) is 4.64. The van der Waals surface area contributed by atoms with Gasteiger partial charge in [-0.1, -0.05) is 27.2 Å². The molecule has 0 aromatic carbocycles. The Hall–Kier alpha value is -0.330. The highest BCUT2D eigenvalue weighted by molar-refractivity contribution is 5.49. The molecule has 0 spiro atoms. The summed E-state index contributed by atoms with van der Waals surface area (Å²) >= 11 is 0. The topological polar surface area (TPSA) is 17.1 Å². The van der Waals surface area contributed by atoms with Gasteiger partial charge in [-0.15, -0.1) is 0 Å². The van der Waals surface area contributed by atoms with Gasteiger partial charge >= 0.3 is 0 Å². The van der Waals surface area contributed by atoms with Gasteiger partial charge in [-0.3, -0.25) is 0 Å².